The van der Waals surface area contributed by atoms with Crippen molar-refractivity contribution in [2.45, 2.75) is 45.7 Å². The lowest BCUT2D eigenvalue weighted by molar-refractivity contribution is -0.134. The molecule has 0 spiro atoms. The Morgan fingerprint density at radius 3 is 2.21 bits per heavy atom. The summed E-state index contributed by atoms with van der Waals surface area (Å²) in [4.78, 5) is 13.7. The normalized spacial score (nSPS) is 20.7. The van der Waals surface area contributed by atoms with Crippen LogP contribution in [0.1, 0.15) is 33.6 Å². The summed E-state index contributed by atoms with van der Waals surface area (Å²) in [5.74, 6) is 1.01. The van der Waals surface area contributed by atoms with Crippen LogP contribution in [0.25, 0.3) is 0 Å². The van der Waals surface area contributed by atoms with E-state index < -0.39 is 0 Å². The van der Waals surface area contributed by atoms with Crippen molar-refractivity contribution in [3.8, 4) is 0 Å². The van der Waals surface area contributed by atoms with Gasteiger partial charge in [0, 0.05) is 13.1 Å². The van der Waals surface area contributed by atoms with E-state index in [4.69, 9.17) is 5.73 Å². The van der Waals surface area contributed by atoms with Crippen LogP contribution in [0.5, 0.6) is 0 Å². The number of carbonyl (C=O) groups is 1. The number of carbonyl (C=O) groups excluding carboxylic acids is 1. The average Bonchev–Trinajstić information content (AvgIpc) is 2.96. The number of nitrogens with two attached hydrogens (primary N) is 1. The molecule has 2 atom stereocenters. The molecule has 1 aliphatic rings. The van der Waals surface area contributed by atoms with E-state index in [1.807, 2.05) is 25.8 Å². The number of likely N-dealkylation sites (N-methyl/N-ethyl adjacent to an activating group) is 1. The summed E-state index contributed by atoms with van der Waals surface area (Å²) in [6, 6.07) is 0.00787. The van der Waals surface area contributed by atoms with Crippen molar-refractivity contribution in [3.05, 3.63) is 0 Å². The van der Waals surface area contributed by atoms with Gasteiger partial charge in [0.25, 0.3) is 0 Å². The summed E-state index contributed by atoms with van der Waals surface area (Å²) in [5, 5.41) is 0. The number of amides is 1. The quantitative estimate of drug-likeness (QED) is 0.738. The summed E-state index contributed by atoms with van der Waals surface area (Å²) in [6.45, 7) is 6.08. The van der Waals surface area contributed by atoms with Gasteiger partial charge in [0.1, 0.15) is 0 Å². The third-order valence-electron chi connectivity index (χ3n) is 3.27. The van der Waals surface area contributed by atoms with E-state index in [0.29, 0.717) is 12.0 Å². The third-order valence-corrected chi connectivity index (χ3v) is 3.27. The van der Waals surface area contributed by atoms with Gasteiger partial charge >= 0.3 is 0 Å². The Hall–Kier alpha value is -0.570. The van der Waals surface area contributed by atoms with Crippen LogP contribution in [0.3, 0.4) is 0 Å². The summed E-state index contributed by atoms with van der Waals surface area (Å²) in [7, 11) is 1.87. The highest BCUT2D eigenvalue weighted by molar-refractivity contribution is 5.82. The van der Waals surface area contributed by atoms with Crippen LogP contribution >= 0.6 is 0 Å². The molecular formula is C11H22N2O. The zero-order chi connectivity index (χ0) is 10.9. The maximum Gasteiger partial charge on any atom is 0.239 e. The zero-order valence-electron chi connectivity index (χ0n) is 9.66. The molecule has 2 unspecified atom stereocenters. The van der Waals surface area contributed by atoms with Gasteiger partial charge in [-0.15, -0.1) is 0 Å². The van der Waals surface area contributed by atoms with Gasteiger partial charge in [-0.2, -0.15) is 0 Å². The smallest absolute Gasteiger partial charge is 0.239 e. The molecule has 0 aromatic heterocycles. The van der Waals surface area contributed by atoms with Gasteiger partial charge in [0.2, 0.25) is 5.91 Å². The van der Waals surface area contributed by atoms with Crippen molar-refractivity contribution < 1.29 is 4.79 Å². The van der Waals surface area contributed by atoms with E-state index in [-0.39, 0.29) is 17.9 Å². The molecule has 0 saturated heterocycles. The van der Waals surface area contributed by atoms with Crippen molar-refractivity contribution >= 4 is 5.91 Å². The summed E-state index contributed by atoms with van der Waals surface area (Å²) in [6.07, 6.45) is 2.52. The molecule has 14 heavy (non-hydrogen) atoms. The molecule has 3 heteroatoms. The molecule has 1 aliphatic carbocycles. The Kier molecular flexibility index (Phi) is 3.53. The van der Waals surface area contributed by atoms with E-state index in [1.165, 1.54) is 12.8 Å². The SMILES string of the molecule is CC(C)C(N)C(=O)N(C)C(C)C1CC1. The molecule has 0 radical (unpaired) electrons. The van der Waals surface area contributed by atoms with Crippen LogP contribution in [-0.2, 0) is 4.79 Å². The van der Waals surface area contributed by atoms with Gasteiger partial charge < -0.3 is 10.6 Å². The second-order valence-corrected chi connectivity index (χ2v) is 4.80. The summed E-state index contributed by atoms with van der Waals surface area (Å²) < 4.78 is 0. The fraction of sp³-hybridized carbons (Fsp3) is 0.909. The molecule has 0 aromatic carbocycles. The van der Waals surface area contributed by atoms with Crippen LogP contribution in [0.4, 0.5) is 0 Å². The minimum absolute atomic E-state index is 0.0828. The minimum atomic E-state index is -0.346. The van der Waals surface area contributed by atoms with E-state index in [2.05, 4.69) is 6.92 Å². The van der Waals surface area contributed by atoms with Gasteiger partial charge in [-0.25, -0.2) is 0 Å². The number of rotatable bonds is 4. The second-order valence-electron chi connectivity index (χ2n) is 4.80. The zero-order valence-corrected chi connectivity index (χ0v) is 9.66. The Morgan fingerprint density at radius 2 is 1.86 bits per heavy atom. The Labute approximate surface area is 86.6 Å². The second kappa shape index (κ2) is 4.30. The van der Waals surface area contributed by atoms with Crippen LogP contribution in [0, 0.1) is 11.8 Å². The fourth-order valence-electron chi connectivity index (χ4n) is 1.62. The van der Waals surface area contributed by atoms with Crippen molar-refractivity contribution in [1.29, 1.82) is 0 Å². The lowest BCUT2D eigenvalue weighted by Crippen LogP contribution is -2.48. The Bertz CT molecular complexity index is 211. The van der Waals surface area contributed by atoms with Gasteiger partial charge in [-0.3, -0.25) is 4.79 Å². The van der Waals surface area contributed by atoms with Crippen LogP contribution in [0.15, 0.2) is 0 Å². The molecule has 0 aliphatic heterocycles. The van der Waals surface area contributed by atoms with Gasteiger partial charge in [0.15, 0.2) is 0 Å². The topological polar surface area (TPSA) is 46.3 Å². The molecule has 1 saturated carbocycles. The van der Waals surface area contributed by atoms with Crippen LogP contribution in [0.2, 0.25) is 0 Å². The highest BCUT2D eigenvalue weighted by Crippen LogP contribution is 2.34. The van der Waals surface area contributed by atoms with Gasteiger partial charge in [0.05, 0.1) is 6.04 Å². The number of nitrogens with zero attached hydrogens (tertiary/aromatic N) is 1. The van der Waals surface area contributed by atoms with Crippen molar-refractivity contribution in [2.24, 2.45) is 17.6 Å². The van der Waals surface area contributed by atoms with Crippen molar-refractivity contribution in [2.75, 3.05) is 7.05 Å². The van der Waals surface area contributed by atoms with Crippen molar-refractivity contribution in [3.63, 3.8) is 0 Å². The summed E-state index contributed by atoms with van der Waals surface area (Å²) >= 11 is 0. The first-order chi connectivity index (χ1) is 6.45. The number of hydrogen-bond acceptors (Lipinski definition) is 2. The van der Waals surface area contributed by atoms with E-state index >= 15 is 0 Å². The third kappa shape index (κ3) is 2.47. The number of hydrogen-bond donors (Lipinski definition) is 1. The predicted octanol–water partition coefficient (Wildman–Crippen LogP) is 1.23. The molecule has 1 amide bonds. The predicted molar refractivity (Wildman–Crippen MR) is 57.8 cm³/mol. The van der Waals surface area contributed by atoms with Crippen LogP contribution in [-0.4, -0.2) is 29.9 Å². The highest BCUT2D eigenvalue weighted by Gasteiger charge is 2.34. The first-order valence-corrected chi connectivity index (χ1v) is 5.47. The molecular weight excluding hydrogens is 176 g/mol. The molecule has 1 fully saturated rings. The lowest BCUT2D eigenvalue weighted by atomic mass is 10.0. The van der Waals surface area contributed by atoms with Gasteiger partial charge in [-0.1, -0.05) is 13.8 Å². The Balaban J connectivity index is 2.50. The van der Waals surface area contributed by atoms with E-state index in [9.17, 15) is 4.79 Å². The van der Waals surface area contributed by atoms with Gasteiger partial charge in [-0.05, 0) is 31.6 Å². The maximum atomic E-state index is 11.9. The molecule has 1 rings (SSSR count). The average molecular weight is 198 g/mol. The Morgan fingerprint density at radius 1 is 1.36 bits per heavy atom. The van der Waals surface area contributed by atoms with Crippen molar-refractivity contribution in [1.82, 2.24) is 4.90 Å². The largest absolute Gasteiger partial charge is 0.341 e. The monoisotopic (exact) mass is 198 g/mol. The maximum absolute atomic E-state index is 11.9. The fourth-order valence-corrected chi connectivity index (χ4v) is 1.62. The standard InChI is InChI=1S/C11H22N2O/c1-7(2)10(12)11(14)13(4)8(3)9-5-6-9/h7-10H,5-6,12H2,1-4H3. The molecule has 0 heterocycles. The summed E-state index contributed by atoms with van der Waals surface area (Å²) in [5.41, 5.74) is 5.83. The first-order valence-electron chi connectivity index (χ1n) is 5.47. The van der Waals surface area contributed by atoms with E-state index in [1.54, 1.807) is 0 Å². The lowest BCUT2D eigenvalue weighted by Gasteiger charge is -2.28. The molecule has 0 aromatic rings. The highest BCUT2D eigenvalue weighted by atomic mass is 16.2. The van der Waals surface area contributed by atoms with E-state index in [0.717, 1.165) is 0 Å². The molecule has 2 N–H and O–H groups in total. The van der Waals surface area contributed by atoms with Crippen LogP contribution < -0.4 is 5.73 Å². The molecule has 0 bridgehead atoms. The minimum Gasteiger partial charge on any atom is -0.341 e. The first kappa shape index (κ1) is 11.5. The molecule has 82 valence electrons. The molecule has 3 nitrogen and oxygen atoms in total.